The summed E-state index contributed by atoms with van der Waals surface area (Å²) in [5.41, 5.74) is 1.40. The second kappa shape index (κ2) is 9.60. The Morgan fingerprint density at radius 3 is 2.47 bits per heavy atom. The van der Waals surface area contributed by atoms with Crippen molar-refractivity contribution in [3.8, 4) is 0 Å². The molecule has 4 amide bonds. The summed E-state index contributed by atoms with van der Waals surface area (Å²) in [4.78, 5) is 41.2. The van der Waals surface area contributed by atoms with Crippen LogP contribution in [0.15, 0.2) is 24.3 Å². The predicted octanol–water partition coefficient (Wildman–Crippen LogP) is 2.65. The van der Waals surface area contributed by atoms with Gasteiger partial charge in [0.15, 0.2) is 0 Å². The van der Waals surface area contributed by atoms with Gasteiger partial charge in [0.05, 0.1) is 0 Å². The molecule has 2 unspecified atom stereocenters. The minimum absolute atomic E-state index is 0.0885. The van der Waals surface area contributed by atoms with Gasteiger partial charge in [0.1, 0.15) is 12.1 Å². The standard InChI is InChI=1S/C23H34N4O3/c1-4-26(5-2)15-19-11-9-18(10-12-19)14-24-20(28)16-27-21(29)23(25-22(27)30)13-7-6-8-17(23)3/h9-12,17H,4-8,13-16H2,1-3H3,(H,24,28)(H,25,30). The van der Waals surface area contributed by atoms with Crippen LogP contribution in [0.3, 0.4) is 0 Å². The molecular weight excluding hydrogens is 380 g/mol. The molecule has 1 aliphatic heterocycles. The van der Waals surface area contributed by atoms with Crippen molar-refractivity contribution in [1.82, 2.24) is 20.4 Å². The molecule has 30 heavy (non-hydrogen) atoms. The zero-order valence-electron chi connectivity index (χ0n) is 18.4. The topological polar surface area (TPSA) is 81.8 Å². The van der Waals surface area contributed by atoms with Crippen molar-refractivity contribution in [2.75, 3.05) is 19.6 Å². The molecule has 1 spiro atoms. The van der Waals surface area contributed by atoms with Gasteiger partial charge in [0.25, 0.3) is 5.91 Å². The van der Waals surface area contributed by atoms with Gasteiger partial charge in [-0.15, -0.1) is 0 Å². The number of urea groups is 1. The van der Waals surface area contributed by atoms with Crippen molar-refractivity contribution in [3.63, 3.8) is 0 Å². The lowest BCUT2D eigenvalue weighted by atomic mass is 9.73. The summed E-state index contributed by atoms with van der Waals surface area (Å²) in [6, 6.07) is 7.71. The lowest BCUT2D eigenvalue weighted by molar-refractivity contribution is -0.137. The van der Waals surface area contributed by atoms with E-state index in [1.165, 1.54) is 5.56 Å². The van der Waals surface area contributed by atoms with E-state index in [-0.39, 0.29) is 24.3 Å². The number of hydrogen-bond acceptors (Lipinski definition) is 4. The normalized spacial score (nSPS) is 23.9. The first-order valence-electron chi connectivity index (χ1n) is 11.1. The Balaban J connectivity index is 1.52. The number of carbonyl (C=O) groups excluding carboxylic acids is 3. The number of nitrogens with one attached hydrogen (secondary N) is 2. The smallest absolute Gasteiger partial charge is 0.325 e. The van der Waals surface area contributed by atoms with Crippen LogP contribution in [-0.2, 0) is 22.7 Å². The quantitative estimate of drug-likeness (QED) is 0.641. The molecule has 1 saturated heterocycles. The fraction of sp³-hybridized carbons (Fsp3) is 0.609. The van der Waals surface area contributed by atoms with E-state index in [4.69, 9.17) is 0 Å². The molecule has 7 nitrogen and oxygen atoms in total. The number of benzene rings is 1. The summed E-state index contributed by atoms with van der Waals surface area (Å²) < 4.78 is 0. The first kappa shape index (κ1) is 22.3. The lowest BCUT2D eigenvalue weighted by Gasteiger charge is -2.36. The van der Waals surface area contributed by atoms with Crippen LogP contribution in [0.5, 0.6) is 0 Å². The highest BCUT2D eigenvalue weighted by Gasteiger charge is 2.55. The molecule has 164 valence electrons. The predicted molar refractivity (Wildman–Crippen MR) is 116 cm³/mol. The van der Waals surface area contributed by atoms with E-state index < -0.39 is 11.6 Å². The Kier molecular flexibility index (Phi) is 7.13. The summed E-state index contributed by atoms with van der Waals surface area (Å²) in [6.45, 7) is 9.37. The van der Waals surface area contributed by atoms with Crippen molar-refractivity contribution in [1.29, 1.82) is 0 Å². The number of rotatable bonds is 8. The van der Waals surface area contributed by atoms with Crippen LogP contribution in [0, 0.1) is 5.92 Å². The van der Waals surface area contributed by atoms with E-state index in [0.29, 0.717) is 13.0 Å². The van der Waals surface area contributed by atoms with Gasteiger partial charge in [0, 0.05) is 13.1 Å². The maximum absolute atomic E-state index is 12.9. The highest BCUT2D eigenvalue weighted by Crippen LogP contribution is 2.38. The van der Waals surface area contributed by atoms with Gasteiger partial charge in [-0.05, 0) is 43.0 Å². The first-order chi connectivity index (χ1) is 14.4. The number of amides is 4. The highest BCUT2D eigenvalue weighted by molar-refractivity contribution is 6.09. The minimum Gasteiger partial charge on any atom is -0.350 e. The molecule has 7 heteroatoms. The number of nitrogens with zero attached hydrogens (tertiary/aromatic N) is 2. The van der Waals surface area contributed by atoms with Crippen molar-refractivity contribution in [2.45, 2.75) is 65.1 Å². The monoisotopic (exact) mass is 414 g/mol. The van der Waals surface area contributed by atoms with Crippen molar-refractivity contribution in [3.05, 3.63) is 35.4 Å². The van der Waals surface area contributed by atoms with Crippen LogP contribution in [-0.4, -0.2) is 52.8 Å². The number of imide groups is 1. The van der Waals surface area contributed by atoms with Gasteiger partial charge >= 0.3 is 6.03 Å². The van der Waals surface area contributed by atoms with Gasteiger partial charge in [0.2, 0.25) is 5.91 Å². The molecule has 0 radical (unpaired) electrons. The Hall–Kier alpha value is -2.41. The van der Waals surface area contributed by atoms with Gasteiger partial charge in [-0.2, -0.15) is 0 Å². The summed E-state index contributed by atoms with van der Waals surface area (Å²) in [7, 11) is 0. The molecule has 1 aliphatic carbocycles. The Bertz CT molecular complexity index is 775. The second-order valence-electron chi connectivity index (χ2n) is 8.49. The highest BCUT2D eigenvalue weighted by atomic mass is 16.2. The van der Waals surface area contributed by atoms with E-state index in [0.717, 1.165) is 49.4 Å². The van der Waals surface area contributed by atoms with E-state index in [1.54, 1.807) is 0 Å². The minimum atomic E-state index is -0.823. The number of hydrogen-bond donors (Lipinski definition) is 2. The molecule has 3 rings (SSSR count). The van der Waals surface area contributed by atoms with Gasteiger partial charge in [-0.1, -0.05) is 57.9 Å². The lowest BCUT2D eigenvalue weighted by Crippen LogP contribution is -2.54. The number of carbonyl (C=O) groups is 3. The summed E-state index contributed by atoms with van der Waals surface area (Å²) >= 11 is 0. The molecule has 2 aliphatic rings. The van der Waals surface area contributed by atoms with E-state index >= 15 is 0 Å². The summed E-state index contributed by atoms with van der Waals surface area (Å²) in [5, 5.41) is 5.71. The fourth-order valence-corrected chi connectivity index (χ4v) is 4.51. The van der Waals surface area contributed by atoms with Gasteiger partial charge < -0.3 is 10.6 Å². The molecule has 0 bridgehead atoms. The molecule has 2 N–H and O–H groups in total. The van der Waals surface area contributed by atoms with Crippen molar-refractivity contribution < 1.29 is 14.4 Å². The molecule has 0 aromatic heterocycles. The van der Waals surface area contributed by atoms with Gasteiger partial charge in [-0.3, -0.25) is 19.4 Å². The Morgan fingerprint density at radius 1 is 1.17 bits per heavy atom. The summed E-state index contributed by atoms with van der Waals surface area (Å²) in [5.74, 6) is -0.493. The maximum atomic E-state index is 12.9. The van der Waals surface area contributed by atoms with Crippen LogP contribution in [0.2, 0.25) is 0 Å². The Morgan fingerprint density at radius 2 is 1.83 bits per heavy atom. The largest absolute Gasteiger partial charge is 0.350 e. The second-order valence-corrected chi connectivity index (χ2v) is 8.49. The molecule has 1 aromatic carbocycles. The van der Waals surface area contributed by atoms with Crippen LogP contribution >= 0.6 is 0 Å². The van der Waals surface area contributed by atoms with Gasteiger partial charge in [-0.25, -0.2) is 4.79 Å². The average Bonchev–Trinajstić information content (AvgIpc) is 2.98. The molecule has 1 heterocycles. The van der Waals surface area contributed by atoms with E-state index in [2.05, 4.69) is 41.5 Å². The first-order valence-corrected chi connectivity index (χ1v) is 11.1. The SMILES string of the molecule is CCN(CC)Cc1ccc(CNC(=O)CN2C(=O)NC3(CCCCC3C)C2=O)cc1. The third kappa shape index (κ3) is 4.67. The zero-order valence-corrected chi connectivity index (χ0v) is 18.4. The van der Waals surface area contributed by atoms with Crippen molar-refractivity contribution >= 4 is 17.8 Å². The van der Waals surface area contributed by atoms with E-state index in [1.807, 2.05) is 19.1 Å². The third-order valence-electron chi connectivity index (χ3n) is 6.62. The van der Waals surface area contributed by atoms with Crippen LogP contribution in [0.25, 0.3) is 0 Å². The zero-order chi connectivity index (χ0) is 21.7. The van der Waals surface area contributed by atoms with E-state index in [9.17, 15) is 14.4 Å². The molecule has 1 aromatic rings. The molecule has 2 atom stereocenters. The van der Waals surface area contributed by atoms with Crippen LogP contribution < -0.4 is 10.6 Å². The summed E-state index contributed by atoms with van der Waals surface area (Å²) in [6.07, 6.45) is 3.55. The average molecular weight is 415 g/mol. The maximum Gasteiger partial charge on any atom is 0.325 e. The van der Waals surface area contributed by atoms with Crippen molar-refractivity contribution in [2.24, 2.45) is 5.92 Å². The molecule has 1 saturated carbocycles. The Labute approximate surface area is 179 Å². The van der Waals surface area contributed by atoms with Crippen LogP contribution in [0.4, 0.5) is 4.79 Å². The third-order valence-corrected chi connectivity index (χ3v) is 6.62. The molecule has 2 fully saturated rings. The fourth-order valence-electron chi connectivity index (χ4n) is 4.51. The van der Waals surface area contributed by atoms with Crippen LogP contribution in [0.1, 0.15) is 57.6 Å². The molecular formula is C23H34N4O3.